The maximum atomic E-state index is 12.7. The molecule has 1 aliphatic rings. The molecule has 28 heavy (non-hydrogen) atoms. The molecule has 0 spiro atoms. The normalized spacial score (nSPS) is 12.9. The van der Waals surface area contributed by atoms with Crippen molar-refractivity contribution in [2.75, 3.05) is 19.8 Å². The van der Waals surface area contributed by atoms with Crippen LogP contribution < -0.4 is 9.47 Å². The number of nitrogens with one attached hydrogen (secondary N) is 1. The minimum absolute atomic E-state index is 0.192. The van der Waals surface area contributed by atoms with Crippen molar-refractivity contribution < 1.29 is 14.3 Å². The summed E-state index contributed by atoms with van der Waals surface area (Å²) in [4.78, 5) is 17.9. The van der Waals surface area contributed by atoms with E-state index >= 15 is 0 Å². The van der Waals surface area contributed by atoms with Gasteiger partial charge < -0.3 is 19.4 Å². The third-order valence-corrected chi connectivity index (χ3v) is 5.23. The Morgan fingerprint density at radius 2 is 1.93 bits per heavy atom. The van der Waals surface area contributed by atoms with Crippen LogP contribution in [0.25, 0.3) is 10.9 Å². The number of hydrogen-bond donors (Lipinski definition) is 1. The number of para-hydroxylation sites is 1. The fourth-order valence-electron chi connectivity index (χ4n) is 3.71. The van der Waals surface area contributed by atoms with Crippen molar-refractivity contribution in [3.05, 3.63) is 59.8 Å². The Balaban J connectivity index is 1.34. The van der Waals surface area contributed by atoms with Crippen LogP contribution in [0, 0.1) is 0 Å². The average Bonchev–Trinajstić information content (AvgIpc) is 3.15. The number of hydrogen-bond acceptors (Lipinski definition) is 3. The summed E-state index contributed by atoms with van der Waals surface area (Å²) in [7, 11) is 0. The number of aryl methyl sites for hydroxylation is 1. The molecule has 0 atom stereocenters. The Labute approximate surface area is 165 Å². The van der Waals surface area contributed by atoms with E-state index in [1.807, 2.05) is 36.1 Å². The van der Waals surface area contributed by atoms with Gasteiger partial charge in [0.05, 0.1) is 0 Å². The summed E-state index contributed by atoms with van der Waals surface area (Å²) in [6, 6.07) is 14.2. The first-order chi connectivity index (χ1) is 13.7. The number of benzene rings is 2. The summed E-state index contributed by atoms with van der Waals surface area (Å²) >= 11 is 0. The van der Waals surface area contributed by atoms with Gasteiger partial charge in [-0.3, -0.25) is 4.79 Å². The molecule has 0 saturated heterocycles. The highest BCUT2D eigenvalue weighted by atomic mass is 16.6. The van der Waals surface area contributed by atoms with Crippen molar-refractivity contribution in [1.29, 1.82) is 0 Å². The topological polar surface area (TPSA) is 54.6 Å². The number of fused-ring (bicyclic) bond motifs is 2. The van der Waals surface area contributed by atoms with Gasteiger partial charge in [0, 0.05) is 36.6 Å². The van der Waals surface area contributed by atoms with Crippen LogP contribution in [0.2, 0.25) is 0 Å². The zero-order chi connectivity index (χ0) is 19.3. The number of carbonyl (C=O) groups is 1. The molecular weight excluding hydrogens is 352 g/mol. The summed E-state index contributed by atoms with van der Waals surface area (Å²) < 4.78 is 11.2. The molecule has 0 fully saturated rings. The van der Waals surface area contributed by atoms with Crippen LogP contribution in [-0.4, -0.2) is 35.5 Å². The number of H-pyrrole nitrogens is 1. The van der Waals surface area contributed by atoms with E-state index in [4.69, 9.17) is 9.47 Å². The van der Waals surface area contributed by atoms with E-state index in [0.29, 0.717) is 32.7 Å². The molecule has 2 heterocycles. The predicted octanol–water partition coefficient (Wildman–Crippen LogP) is 4.31. The lowest BCUT2D eigenvalue weighted by molar-refractivity contribution is -0.131. The van der Waals surface area contributed by atoms with Crippen molar-refractivity contribution in [3.8, 4) is 11.5 Å². The van der Waals surface area contributed by atoms with Crippen molar-refractivity contribution in [2.45, 2.75) is 32.7 Å². The molecule has 0 unspecified atom stereocenters. The molecule has 1 amide bonds. The van der Waals surface area contributed by atoms with E-state index < -0.39 is 0 Å². The summed E-state index contributed by atoms with van der Waals surface area (Å²) in [6.45, 7) is 4.47. The molecule has 0 radical (unpaired) electrons. The predicted molar refractivity (Wildman–Crippen MR) is 110 cm³/mol. The quantitative estimate of drug-likeness (QED) is 0.666. The van der Waals surface area contributed by atoms with Crippen molar-refractivity contribution in [2.24, 2.45) is 0 Å². The van der Waals surface area contributed by atoms with Crippen molar-refractivity contribution in [3.63, 3.8) is 0 Å². The molecule has 146 valence electrons. The molecule has 4 rings (SSSR count). The lowest BCUT2D eigenvalue weighted by Crippen LogP contribution is -2.30. The minimum Gasteiger partial charge on any atom is -0.486 e. The van der Waals surface area contributed by atoms with Gasteiger partial charge in [0.2, 0.25) is 5.91 Å². The van der Waals surface area contributed by atoms with Gasteiger partial charge in [0.25, 0.3) is 0 Å². The monoisotopic (exact) mass is 378 g/mol. The smallest absolute Gasteiger partial charge is 0.222 e. The first-order valence-corrected chi connectivity index (χ1v) is 9.96. The van der Waals surface area contributed by atoms with Crippen LogP contribution in [0.1, 0.15) is 30.9 Å². The molecule has 5 nitrogen and oxygen atoms in total. The third kappa shape index (κ3) is 3.98. The van der Waals surface area contributed by atoms with E-state index in [0.717, 1.165) is 35.4 Å². The molecular formula is C23H26N2O3. The zero-order valence-corrected chi connectivity index (χ0v) is 16.2. The number of aromatic amines is 1. The van der Waals surface area contributed by atoms with Gasteiger partial charge in [-0.1, -0.05) is 24.3 Å². The first-order valence-electron chi connectivity index (χ1n) is 9.96. The number of ether oxygens (including phenoxy) is 2. The Kier molecular flexibility index (Phi) is 5.51. The van der Waals surface area contributed by atoms with Crippen LogP contribution in [0.15, 0.2) is 48.7 Å². The number of amides is 1. The van der Waals surface area contributed by atoms with Gasteiger partial charge in [-0.25, -0.2) is 0 Å². The molecule has 0 bridgehead atoms. The van der Waals surface area contributed by atoms with E-state index in [9.17, 15) is 4.79 Å². The summed E-state index contributed by atoms with van der Waals surface area (Å²) in [5.74, 6) is 1.74. The molecule has 1 aromatic heterocycles. The SMILES string of the molecule is CCN(Cc1ccc2c(c1)OCCO2)C(=O)CCCc1c[nH]c2ccccc12. The number of nitrogens with zero attached hydrogens (tertiary/aromatic N) is 1. The number of rotatable bonds is 7. The van der Waals surface area contributed by atoms with Gasteiger partial charge in [-0.15, -0.1) is 0 Å². The largest absolute Gasteiger partial charge is 0.486 e. The first kappa shape index (κ1) is 18.4. The summed E-state index contributed by atoms with van der Waals surface area (Å²) in [6.07, 6.45) is 4.36. The average molecular weight is 378 g/mol. The number of carbonyl (C=O) groups excluding carboxylic acids is 1. The lowest BCUT2D eigenvalue weighted by Gasteiger charge is -2.23. The Morgan fingerprint density at radius 3 is 2.79 bits per heavy atom. The van der Waals surface area contributed by atoms with Crippen LogP contribution >= 0.6 is 0 Å². The van der Waals surface area contributed by atoms with Crippen molar-refractivity contribution >= 4 is 16.8 Å². The van der Waals surface area contributed by atoms with Gasteiger partial charge in [0.15, 0.2) is 11.5 Å². The van der Waals surface area contributed by atoms with Crippen LogP contribution in [0.4, 0.5) is 0 Å². The van der Waals surface area contributed by atoms with E-state index in [1.54, 1.807) is 0 Å². The highest BCUT2D eigenvalue weighted by Crippen LogP contribution is 2.31. The standard InChI is InChI=1S/C23H26N2O3/c1-2-25(16-17-10-11-21-22(14-17)28-13-12-27-21)23(26)9-5-6-18-15-24-20-8-4-3-7-19(18)20/h3-4,7-8,10-11,14-15,24H,2,5-6,9,12-13,16H2,1H3. The van der Waals surface area contributed by atoms with Crippen LogP contribution in [0.5, 0.6) is 11.5 Å². The zero-order valence-electron chi connectivity index (χ0n) is 16.2. The molecule has 0 aliphatic carbocycles. The minimum atomic E-state index is 0.192. The van der Waals surface area contributed by atoms with E-state index in [1.165, 1.54) is 10.9 Å². The van der Waals surface area contributed by atoms with Crippen LogP contribution in [0.3, 0.4) is 0 Å². The van der Waals surface area contributed by atoms with E-state index in [2.05, 4.69) is 29.4 Å². The Morgan fingerprint density at radius 1 is 1.11 bits per heavy atom. The lowest BCUT2D eigenvalue weighted by atomic mass is 10.1. The van der Waals surface area contributed by atoms with Gasteiger partial charge in [0.1, 0.15) is 13.2 Å². The fourth-order valence-corrected chi connectivity index (χ4v) is 3.71. The second kappa shape index (κ2) is 8.38. The number of aromatic nitrogens is 1. The van der Waals surface area contributed by atoms with Gasteiger partial charge in [-0.05, 0) is 49.1 Å². The maximum absolute atomic E-state index is 12.7. The van der Waals surface area contributed by atoms with E-state index in [-0.39, 0.29) is 5.91 Å². The fraction of sp³-hybridized carbons (Fsp3) is 0.348. The highest BCUT2D eigenvalue weighted by molar-refractivity contribution is 5.83. The Bertz CT molecular complexity index is 963. The molecule has 1 aliphatic heterocycles. The van der Waals surface area contributed by atoms with Crippen molar-refractivity contribution in [1.82, 2.24) is 9.88 Å². The molecule has 3 aromatic rings. The van der Waals surface area contributed by atoms with Gasteiger partial charge >= 0.3 is 0 Å². The molecule has 5 heteroatoms. The second-order valence-corrected chi connectivity index (χ2v) is 7.10. The van der Waals surface area contributed by atoms with Crippen LogP contribution in [-0.2, 0) is 17.8 Å². The Hall–Kier alpha value is -2.95. The second-order valence-electron chi connectivity index (χ2n) is 7.10. The highest BCUT2D eigenvalue weighted by Gasteiger charge is 2.16. The molecule has 0 saturated carbocycles. The summed E-state index contributed by atoms with van der Waals surface area (Å²) in [5.41, 5.74) is 3.49. The van der Waals surface area contributed by atoms with Gasteiger partial charge in [-0.2, -0.15) is 0 Å². The third-order valence-electron chi connectivity index (χ3n) is 5.23. The molecule has 1 N–H and O–H groups in total. The maximum Gasteiger partial charge on any atom is 0.222 e. The summed E-state index contributed by atoms with van der Waals surface area (Å²) in [5, 5.41) is 1.25. The molecule has 2 aromatic carbocycles.